The molecular formula is C27H28F2N3O3P. The third-order valence-electron chi connectivity index (χ3n) is 8.11. The predicted molar refractivity (Wildman–Crippen MR) is 135 cm³/mol. The van der Waals surface area contributed by atoms with Crippen LogP contribution in [0.5, 0.6) is 5.75 Å². The average molecular weight is 512 g/mol. The van der Waals surface area contributed by atoms with E-state index in [0.717, 1.165) is 41.6 Å². The lowest BCUT2D eigenvalue weighted by Gasteiger charge is -2.25. The Morgan fingerprint density at radius 2 is 2.00 bits per heavy atom. The Bertz CT molecular complexity index is 1470. The smallest absolute Gasteiger partial charge is 0.387 e. The van der Waals surface area contributed by atoms with Gasteiger partial charge in [0.1, 0.15) is 5.75 Å². The molecule has 1 aromatic carbocycles. The molecule has 2 aromatic heterocycles. The number of benzene rings is 1. The van der Waals surface area contributed by atoms with Gasteiger partial charge in [-0.2, -0.15) is 13.9 Å². The number of aromatic nitrogens is 2. The van der Waals surface area contributed by atoms with Crippen LogP contribution in [0, 0.1) is 0 Å². The zero-order valence-corrected chi connectivity index (χ0v) is 21.3. The van der Waals surface area contributed by atoms with Gasteiger partial charge in [0.25, 0.3) is 5.91 Å². The van der Waals surface area contributed by atoms with Gasteiger partial charge in [0.2, 0.25) is 0 Å². The second kappa shape index (κ2) is 8.27. The summed E-state index contributed by atoms with van der Waals surface area (Å²) in [5.41, 5.74) is 6.14. The highest BCUT2D eigenvalue weighted by Gasteiger charge is 2.46. The van der Waals surface area contributed by atoms with E-state index in [-0.39, 0.29) is 29.3 Å². The lowest BCUT2D eigenvalue weighted by atomic mass is 9.88. The summed E-state index contributed by atoms with van der Waals surface area (Å²) >= 11 is 0. The van der Waals surface area contributed by atoms with Crippen molar-refractivity contribution in [3.05, 3.63) is 70.6 Å². The van der Waals surface area contributed by atoms with Gasteiger partial charge in [-0.3, -0.25) is 4.79 Å². The molecule has 3 aromatic rings. The van der Waals surface area contributed by atoms with E-state index < -0.39 is 13.8 Å². The topological polar surface area (TPSA) is 63.9 Å². The van der Waals surface area contributed by atoms with Crippen molar-refractivity contribution in [3.63, 3.8) is 0 Å². The minimum absolute atomic E-state index is 0.0443. The number of carbonyl (C=O) groups excluding carboxylic acids is 1. The van der Waals surface area contributed by atoms with Gasteiger partial charge < -0.3 is 14.2 Å². The van der Waals surface area contributed by atoms with E-state index in [9.17, 15) is 18.1 Å². The normalized spacial score (nSPS) is 23.5. The summed E-state index contributed by atoms with van der Waals surface area (Å²) in [5.74, 6) is -0.457. The predicted octanol–water partition coefficient (Wildman–Crippen LogP) is 6.16. The first-order valence-electron chi connectivity index (χ1n) is 12.2. The number of alkyl halides is 2. The molecule has 2 aliphatic carbocycles. The Labute approximate surface area is 208 Å². The Kier molecular flexibility index (Phi) is 5.38. The molecule has 3 heterocycles. The summed E-state index contributed by atoms with van der Waals surface area (Å²) in [5, 5.41) is 4.83. The van der Waals surface area contributed by atoms with Gasteiger partial charge in [-0.15, -0.1) is 0 Å². The van der Waals surface area contributed by atoms with Gasteiger partial charge in [-0.1, -0.05) is 12.1 Å². The maximum absolute atomic E-state index is 13.3. The van der Waals surface area contributed by atoms with Crippen LogP contribution in [0.2, 0.25) is 0 Å². The van der Waals surface area contributed by atoms with Gasteiger partial charge in [0, 0.05) is 41.5 Å². The van der Waals surface area contributed by atoms with Crippen LogP contribution in [0.1, 0.15) is 70.4 Å². The highest BCUT2D eigenvalue weighted by Crippen LogP contribution is 2.54. The zero-order valence-electron chi connectivity index (χ0n) is 20.4. The van der Waals surface area contributed by atoms with Crippen molar-refractivity contribution in [3.8, 4) is 5.75 Å². The molecule has 1 amide bonds. The van der Waals surface area contributed by atoms with Gasteiger partial charge >= 0.3 is 6.61 Å². The summed E-state index contributed by atoms with van der Waals surface area (Å²) in [6.07, 6.45) is 7.28. The van der Waals surface area contributed by atoms with Crippen LogP contribution in [0.15, 0.2) is 42.6 Å². The summed E-state index contributed by atoms with van der Waals surface area (Å²) < 4.78 is 45.9. The fraction of sp³-hybridized carbons (Fsp3) is 0.407. The third kappa shape index (κ3) is 3.61. The van der Waals surface area contributed by atoms with E-state index in [1.54, 1.807) is 24.1 Å². The number of allylic oxidation sites excluding steroid dienone is 2. The number of carbonyl (C=O) groups is 1. The fourth-order valence-corrected chi connectivity index (χ4v) is 7.57. The molecule has 36 heavy (non-hydrogen) atoms. The Hall–Kier alpha value is -2.99. The van der Waals surface area contributed by atoms with Gasteiger partial charge in [-0.25, -0.2) is 4.52 Å². The molecule has 3 aliphatic rings. The molecule has 0 radical (unpaired) electrons. The first-order valence-corrected chi connectivity index (χ1v) is 14.9. The van der Waals surface area contributed by atoms with Crippen LogP contribution in [0.25, 0.3) is 11.1 Å². The fourth-order valence-electron chi connectivity index (χ4n) is 6.21. The Morgan fingerprint density at radius 1 is 1.19 bits per heavy atom. The van der Waals surface area contributed by atoms with E-state index in [4.69, 9.17) is 9.84 Å². The maximum Gasteiger partial charge on any atom is 0.387 e. The number of hydrogen-bond donors (Lipinski definition) is 0. The number of fused-ring (bicyclic) bond motifs is 9. The van der Waals surface area contributed by atoms with E-state index >= 15 is 0 Å². The van der Waals surface area contributed by atoms with Crippen LogP contribution in [-0.2, 0) is 4.57 Å². The molecule has 3 atom stereocenters. The molecule has 188 valence electrons. The first kappa shape index (κ1) is 23.4. The van der Waals surface area contributed by atoms with Crippen molar-refractivity contribution in [2.24, 2.45) is 0 Å². The number of amides is 1. The molecule has 0 saturated heterocycles. The van der Waals surface area contributed by atoms with Crippen LogP contribution in [-0.4, -0.2) is 53.1 Å². The number of halogens is 2. The highest BCUT2D eigenvalue weighted by molar-refractivity contribution is 7.63. The monoisotopic (exact) mass is 511 g/mol. The van der Waals surface area contributed by atoms with Crippen molar-refractivity contribution in [1.82, 2.24) is 14.5 Å². The van der Waals surface area contributed by atoms with E-state index in [2.05, 4.69) is 12.1 Å². The number of ether oxygens (including phenoxy) is 1. The van der Waals surface area contributed by atoms with E-state index in [1.165, 1.54) is 11.6 Å². The molecule has 0 N–H and O–H groups in total. The van der Waals surface area contributed by atoms with Gasteiger partial charge in [0.15, 0.2) is 0 Å². The number of pyridine rings is 1. The van der Waals surface area contributed by atoms with Crippen molar-refractivity contribution < 1.29 is 22.9 Å². The Balaban J connectivity index is 1.48. The molecule has 6 rings (SSSR count). The van der Waals surface area contributed by atoms with Crippen LogP contribution in [0.3, 0.4) is 0 Å². The van der Waals surface area contributed by atoms with E-state index in [1.807, 2.05) is 30.1 Å². The SMILES string of the molecule is CN1C(=O)c2cccc(OC(F)F)c2C2CC1c1nn3ccc(C4=CCC(P(C)(C)=O)CC4)cc3c12. The number of hydrogen-bond acceptors (Lipinski definition) is 4. The van der Waals surface area contributed by atoms with Crippen LogP contribution in [0.4, 0.5) is 8.78 Å². The summed E-state index contributed by atoms with van der Waals surface area (Å²) in [7, 11) is -0.385. The first-order chi connectivity index (χ1) is 17.1. The third-order valence-corrected chi connectivity index (χ3v) is 10.3. The lowest BCUT2D eigenvalue weighted by Crippen LogP contribution is -2.30. The van der Waals surface area contributed by atoms with Gasteiger partial charge in [0.05, 0.1) is 24.4 Å². The molecule has 6 nitrogen and oxygen atoms in total. The van der Waals surface area contributed by atoms with Gasteiger partial charge in [-0.05, 0) is 74.4 Å². The Morgan fingerprint density at radius 3 is 2.69 bits per heavy atom. The largest absolute Gasteiger partial charge is 0.434 e. The summed E-state index contributed by atoms with van der Waals surface area (Å²) in [6, 6.07) is 8.70. The maximum atomic E-state index is 13.3. The zero-order chi connectivity index (χ0) is 25.4. The van der Waals surface area contributed by atoms with Crippen molar-refractivity contribution in [2.75, 3.05) is 20.4 Å². The van der Waals surface area contributed by atoms with E-state index in [0.29, 0.717) is 17.5 Å². The molecular weight excluding hydrogens is 483 g/mol. The van der Waals surface area contributed by atoms with Crippen LogP contribution < -0.4 is 4.74 Å². The van der Waals surface area contributed by atoms with Crippen LogP contribution >= 0.6 is 7.14 Å². The molecule has 0 fully saturated rings. The minimum atomic E-state index is -2.98. The number of rotatable bonds is 4. The quantitative estimate of drug-likeness (QED) is 0.394. The molecule has 9 heteroatoms. The molecule has 2 bridgehead atoms. The second-order valence-electron chi connectivity index (χ2n) is 10.5. The summed E-state index contributed by atoms with van der Waals surface area (Å²) in [4.78, 5) is 14.9. The lowest BCUT2D eigenvalue weighted by molar-refractivity contribution is -0.0505. The molecule has 1 aliphatic heterocycles. The molecule has 0 spiro atoms. The number of nitrogens with zero attached hydrogens (tertiary/aromatic N) is 3. The minimum Gasteiger partial charge on any atom is -0.434 e. The van der Waals surface area contributed by atoms with Crippen molar-refractivity contribution >= 4 is 24.1 Å². The molecule has 0 saturated carbocycles. The van der Waals surface area contributed by atoms with Crippen molar-refractivity contribution in [1.29, 1.82) is 0 Å². The highest BCUT2D eigenvalue weighted by atomic mass is 31.2. The van der Waals surface area contributed by atoms with Crippen molar-refractivity contribution in [2.45, 2.75) is 49.9 Å². The average Bonchev–Trinajstić information content (AvgIpc) is 3.36. The summed E-state index contributed by atoms with van der Waals surface area (Å²) in [6.45, 7) is 0.748. The second-order valence-corrected chi connectivity index (χ2v) is 14.1. The molecule has 3 unspecified atom stereocenters. The standard InChI is InChI=1S/C27H28F2N3O3P/c1-31-21-14-19(23-18(26(31)33)5-4-6-22(23)35-27(28)29)24-20-13-16(11-12-32(20)30-25(21)24)15-7-9-17(10-8-15)36(2,3)34/h4-7,11-13,17,19,21,27H,8-10,14H2,1-3H3.